The maximum Gasteiger partial charge on any atom is 0.227 e. The maximum absolute atomic E-state index is 12.9. The fourth-order valence-electron chi connectivity index (χ4n) is 4.95. The van der Waals surface area contributed by atoms with Gasteiger partial charge in [0.05, 0.1) is 18.7 Å². The Morgan fingerprint density at radius 3 is 2.76 bits per heavy atom. The fraction of sp³-hybridized carbons (Fsp3) is 0.458. The minimum atomic E-state index is 0.275. The quantitative estimate of drug-likeness (QED) is 0.812. The summed E-state index contributed by atoms with van der Waals surface area (Å²) in [6.45, 7) is 9.98. The molecule has 0 aliphatic carbocycles. The predicted octanol–water partition coefficient (Wildman–Crippen LogP) is 3.11. The lowest BCUT2D eigenvalue weighted by molar-refractivity contribution is -0.134. The summed E-state index contributed by atoms with van der Waals surface area (Å²) < 4.78 is 0. The molecule has 29 heavy (non-hydrogen) atoms. The number of likely N-dealkylation sites (tertiary alicyclic amines) is 1. The average molecular weight is 389 g/mol. The third-order valence-electron chi connectivity index (χ3n) is 6.63. The number of pyridine rings is 1. The highest BCUT2D eigenvalue weighted by Crippen LogP contribution is 2.32. The standard InChI is InChI=1S/C24H28N4O/c1-15(2)27-7-5-21(14-27)28-13-20-10-22-19(9-18(20)11-23(28)29)12-26-24(22)17-4-6-25-16(3)8-17/h4,6,8-10,15,21H,5,7,11-14H2,1-3H3/t21-/m1/s1. The molecule has 1 aromatic carbocycles. The van der Waals surface area contributed by atoms with Crippen molar-refractivity contribution in [1.29, 1.82) is 0 Å². The van der Waals surface area contributed by atoms with E-state index in [2.05, 4.69) is 46.8 Å². The smallest absolute Gasteiger partial charge is 0.227 e. The van der Waals surface area contributed by atoms with E-state index in [1.807, 2.05) is 19.2 Å². The van der Waals surface area contributed by atoms with Crippen LogP contribution in [-0.4, -0.2) is 51.6 Å². The van der Waals surface area contributed by atoms with Gasteiger partial charge in [0, 0.05) is 54.7 Å². The van der Waals surface area contributed by atoms with E-state index in [0.717, 1.165) is 43.0 Å². The number of amides is 1. The summed E-state index contributed by atoms with van der Waals surface area (Å²) in [4.78, 5) is 26.6. The van der Waals surface area contributed by atoms with Crippen LogP contribution in [-0.2, 0) is 24.3 Å². The highest BCUT2D eigenvalue weighted by molar-refractivity contribution is 6.15. The molecule has 5 nitrogen and oxygen atoms in total. The van der Waals surface area contributed by atoms with Gasteiger partial charge in [0.1, 0.15) is 0 Å². The van der Waals surface area contributed by atoms with Crippen LogP contribution in [0.5, 0.6) is 0 Å². The number of nitrogens with zero attached hydrogens (tertiary/aromatic N) is 4. The Bertz CT molecular complexity index is 1010. The van der Waals surface area contributed by atoms with Crippen molar-refractivity contribution < 1.29 is 4.79 Å². The van der Waals surface area contributed by atoms with Gasteiger partial charge in [-0.25, -0.2) is 0 Å². The van der Waals surface area contributed by atoms with Crippen LogP contribution in [0.15, 0.2) is 35.5 Å². The zero-order chi connectivity index (χ0) is 20.1. The summed E-state index contributed by atoms with van der Waals surface area (Å²) >= 11 is 0. The molecule has 0 saturated carbocycles. The van der Waals surface area contributed by atoms with Crippen molar-refractivity contribution in [2.75, 3.05) is 13.1 Å². The molecule has 1 saturated heterocycles. The monoisotopic (exact) mass is 388 g/mol. The molecule has 1 fully saturated rings. The van der Waals surface area contributed by atoms with E-state index >= 15 is 0 Å². The molecule has 2 aromatic rings. The predicted molar refractivity (Wildman–Crippen MR) is 114 cm³/mol. The number of hydrogen-bond donors (Lipinski definition) is 0. The third kappa shape index (κ3) is 3.27. The number of hydrogen-bond acceptors (Lipinski definition) is 4. The second-order valence-corrected chi connectivity index (χ2v) is 8.86. The molecule has 0 unspecified atom stereocenters. The number of fused-ring (bicyclic) bond motifs is 2. The van der Waals surface area contributed by atoms with E-state index in [1.165, 1.54) is 22.3 Å². The first-order valence-electron chi connectivity index (χ1n) is 10.7. The van der Waals surface area contributed by atoms with Crippen LogP contribution in [0.3, 0.4) is 0 Å². The molecule has 5 rings (SSSR count). The van der Waals surface area contributed by atoms with Crippen molar-refractivity contribution >= 4 is 11.6 Å². The van der Waals surface area contributed by atoms with Crippen LogP contribution in [0.2, 0.25) is 0 Å². The molecular formula is C24H28N4O. The Balaban J connectivity index is 1.44. The first-order chi connectivity index (χ1) is 14.0. The van der Waals surface area contributed by atoms with Crippen molar-refractivity contribution in [3.8, 4) is 0 Å². The van der Waals surface area contributed by atoms with Crippen molar-refractivity contribution in [3.05, 3.63) is 64.0 Å². The molecule has 0 spiro atoms. The van der Waals surface area contributed by atoms with Crippen molar-refractivity contribution in [2.24, 2.45) is 4.99 Å². The summed E-state index contributed by atoms with van der Waals surface area (Å²) in [5.74, 6) is 0.275. The molecule has 0 N–H and O–H groups in total. The highest BCUT2D eigenvalue weighted by Gasteiger charge is 2.35. The van der Waals surface area contributed by atoms with E-state index in [9.17, 15) is 4.79 Å². The Morgan fingerprint density at radius 2 is 2.00 bits per heavy atom. The molecular weight excluding hydrogens is 360 g/mol. The molecule has 3 aliphatic heterocycles. The molecule has 1 aromatic heterocycles. The lowest BCUT2D eigenvalue weighted by Crippen LogP contribution is -2.45. The zero-order valence-corrected chi connectivity index (χ0v) is 17.5. The minimum absolute atomic E-state index is 0.275. The Morgan fingerprint density at radius 1 is 1.14 bits per heavy atom. The highest BCUT2D eigenvalue weighted by atomic mass is 16.2. The topological polar surface area (TPSA) is 48.8 Å². The van der Waals surface area contributed by atoms with Gasteiger partial charge in [0.2, 0.25) is 5.91 Å². The number of rotatable bonds is 3. The van der Waals surface area contributed by atoms with Gasteiger partial charge in [-0.3, -0.25) is 19.7 Å². The normalized spacial score (nSPS) is 21.5. The molecule has 3 aliphatic rings. The summed E-state index contributed by atoms with van der Waals surface area (Å²) in [6.07, 6.45) is 3.45. The van der Waals surface area contributed by atoms with Gasteiger partial charge in [-0.15, -0.1) is 0 Å². The molecule has 4 heterocycles. The largest absolute Gasteiger partial charge is 0.334 e. The summed E-state index contributed by atoms with van der Waals surface area (Å²) in [5.41, 5.74) is 8.12. The molecule has 5 heteroatoms. The van der Waals surface area contributed by atoms with Crippen LogP contribution >= 0.6 is 0 Å². The minimum Gasteiger partial charge on any atom is -0.334 e. The van der Waals surface area contributed by atoms with E-state index < -0.39 is 0 Å². The van der Waals surface area contributed by atoms with Crippen LogP contribution in [0, 0.1) is 6.92 Å². The van der Waals surface area contributed by atoms with Crippen molar-refractivity contribution in [1.82, 2.24) is 14.8 Å². The number of aliphatic imine (C=N–C) groups is 1. The zero-order valence-electron chi connectivity index (χ0n) is 17.5. The fourth-order valence-corrected chi connectivity index (χ4v) is 4.95. The van der Waals surface area contributed by atoms with Crippen LogP contribution in [0.25, 0.3) is 0 Å². The van der Waals surface area contributed by atoms with Crippen LogP contribution < -0.4 is 0 Å². The number of aryl methyl sites for hydroxylation is 1. The second kappa shape index (κ2) is 7.06. The lowest BCUT2D eigenvalue weighted by Gasteiger charge is -2.34. The summed E-state index contributed by atoms with van der Waals surface area (Å²) in [5, 5.41) is 0. The average Bonchev–Trinajstić information content (AvgIpc) is 3.33. The number of carbonyl (C=O) groups is 1. The van der Waals surface area contributed by atoms with E-state index in [4.69, 9.17) is 4.99 Å². The Hall–Kier alpha value is -2.53. The van der Waals surface area contributed by atoms with Crippen molar-refractivity contribution in [2.45, 2.75) is 58.8 Å². The molecule has 0 radical (unpaired) electrons. The van der Waals surface area contributed by atoms with Crippen LogP contribution in [0.1, 0.15) is 53.8 Å². The SMILES string of the molecule is Cc1cc(C2=NCc3cc4c(cc32)CN([C@@H]2CCN(C(C)C)C2)C(=O)C4)ccn1. The van der Waals surface area contributed by atoms with Gasteiger partial charge in [-0.05, 0) is 62.1 Å². The molecule has 0 bridgehead atoms. The summed E-state index contributed by atoms with van der Waals surface area (Å²) in [7, 11) is 0. The van der Waals surface area contributed by atoms with E-state index in [0.29, 0.717) is 25.0 Å². The summed E-state index contributed by atoms with van der Waals surface area (Å²) in [6, 6.07) is 9.53. The maximum atomic E-state index is 12.9. The molecule has 150 valence electrons. The molecule has 1 amide bonds. The van der Waals surface area contributed by atoms with Crippen LogP contribution in [0.4, 0.5) is 0 Å². The Kier molecular flexibility index (Phi) is 4.50. The number of aromatic nitrogens is 1. The van der Waals surface area contributed by atoms with Gasteiger partial charge in [-0.1, -0.05) is 6.07 Å². The van der Waals surface area contributed by atoms with E-state index in [-0.39, 0.29) is 5.91 Å². The van der Waals surface area contributed by atoms with E-state index in [1.54, 1.807) is 0 Å². The van der Waals surface area contributed by atoms with Gasteiger partial charge in [-0.2, -0.15) is 0 Å². The first-order valence-corrected chi connectivity index (χ1v) is 10.7. The third-order valence-corrected chi connectivity index (χ3v) is 6.63. The second-order valence-electron chi connectivity index (χ2n) is 8.86. The molecule has 1 atom stereocenters. The van der Waals surface area contributed by atoms with Gasteiger partial charge >= 0.3 is 0 Å². The van der Waals surface area contributed by atoms with Gasteiger partial charge in [0.15, 0.2) is 0 Å². The Labute approximate surface area is 172 Å². The number of benzene rings is 1. The first kappa shape index (κ1) is 18.5. The van der Waals surface area contributed by atoms with Gasteiger partial charge in [0.25, 0.3) is 0 Å². The van der Waals surface area contributed by atoms with Gasteiger partial charge < -0.3 is 4.90 Å². The number of carbonyl (C=O) groups excluding carboxylic acids is 1. The van der Waals surface area contributed by atoms with Crippen molar-refractivity contribution in [3.63, 3.8) is 0 Å². The lowest BCUT2D eigenvalue weighted by atomic mass is 9.90.